The summed E-state index contributed by atoms with van der Waals surface area (Å²) < 4.78 is 13.6. The molecule has 0 saturated heterocycles. The van der Waals surface area contributed by atoms with E-state index in [1.807, 2.05) is 54.5 Å². The van der Waals surface area contributed by atoms with Crippen LogP contribution in [0.1, 0.15) is 44.2 Å². The van der Waals surface area contributed by atoms with Crippen LogP contribution in [-0.2, 0) is 12.6 Å². The third-order valence-corrected chi connectivity index (χ3v) is 5.28. The van der Waals surface area contributed by atoms with Gasteiger partial charge < -0.3 is 12.2 Å². The average Bonchev–Trinajstić information content (AvgIpc) is 3.08. The van der Waals surface area contributed by atoms with Crippen molar-refractivity contribution >= 4 is 34.4 Å². The van der Waals surface area contributed by atoms with E-state index in [0.717, 1.165) is 24.9 Å². The van der Waals surface area contributed by atoms with Gasteiger partial charge in [-0.2, -0.15) is 0 Å². The van der Waals surface area contributed by atoms with Crippen LogP contribution in [0, 0.1) is 0 Å². The van der Waals surface area contributed by atoms with Crippen molar-refractivity contribution in [3.05, 3.63) is 36.3 Å². The van der Waals surface area contributed by atoms with Gasteiger partial charge in [-0.15, -0.1) is 0 Å². The maximum atomic E-state index is 11.6. The number of nitrogens with zero attached hydrogens (tertiary/aromatic N) is 2. The van der Waals surface area contributed by atoms with E-state index in [0.29, 0.717) is 6.42 Å². The predicted octanol–water partition coefficient (Wildman–Crippen LogP) is 3.70. The van der Waals surface area contributed by atoms with Gasteiger partial charge in [-0.1, -0.05) is 13.0 Å². The number of ether oxygens (including phenoxy) is 1. The summed E-state index contributed by atoms with van der Waals surface area (Å²) in [5.74, 6) is 0.391. The van der Waals surface area contributed by atoms with Crippen LogP contribution in [0.5, 0.6) is 0 Å². The van der Waals surface area contributed by atoms with E-state index in [-0.39, 0.29) is 30.5 Å². The first-order valence-electron chi connectivity index (χ1n) is 8.05. The minimum absolute atomic E-state index is 0.00739. The molecule has 0 bridgehead atoms. The van der Waals surface area contributed by atoms with Crippen molar-refractivity contribution in [2.45, 2.75) is 50.7 Å². The summed E-state index contributed by atoms with van der Waals surface area (Å²) in [6.07, 6.45) is 7.30. The summed E-state index contributed by atoms with van der Waals surface area (Å²) in [6.45, 7) is 2.05. The summed E-state index contributed by atoms with van der Waals surface area (Å²) in [7, 11) is 0. The van der Waals surface area contributed by atoms with Crippen LogP contribution in [0.3, 0.4) is 0 Å². The molecule has 23 heavy (non-hydrogen) atoms. The van der Waals surface area contributed by atoms with E-state index in [1.54, 1.807) is 0 Å². The van der Waals surface area contributed by atoms with Crippen molar-refractivity contribution in [3.8, 4) is 0 Å². The maximum Gasteiger partial charge on any atom is 0.158 e. The number of carbonyl (C=O) groups excluding carboxylic acids is 1. The van der Waals surface area contributed by atoms with Crippen LogP contribution < -0.4 is 0 Å². The average molecular weight is 428 g/mol. The normalized spacial score (nSPS) is 24.9. The summed E-state index contributed by atoms with van der Waals surface area (Å²) in [4.78, 5) is 16.0. The molecule has 3 atom stereocenters. The van der Waals surface area contributed by atoms with Crippen LogP contribution in [0.25, 0.3) is 5.65 Å². The molecule has 2 heterocycles. The first-order chi connectivity index (χ1) is 11.2. The van der Waals surface area contributed by atoms with E-state index in [4.69, 9.17) is 7.80 Å². The third-order valence-electron chi connectivity index (χ3n) is 4.56. The number of fused-ring (bicyclic) bond motifs is 1. The third kappa shape index (κ3) is 3.75. The standard InChI is InChI=1S/C17H21IN2O3/c1-2-12(21)11-22-16-10-13(23-18)6-7-14(16)15-4-3-5-17-19-8-9-20(15)17/h3-5,8-9,13-14,16H,2,6-7,10-11H2,1H3. The maximum absolute atomic E-state index is 11.6. The smallest absolute Gasteiger partial charge is 0.158 e. The molecule has 2 aromatic heterocycles. The molecule has 1 fully saturated rings. The second-order valence-corrected chi connectivity index (χ2v) is 6.49. The van der Waals surface area contributed by atoms with Crippen LogP contribution in [-0.4, -0.2) is 34.0 Å². The number of carbonyl (C=O) groups is 1. The molecule has 0 N–H and O–H groups in total. The lowest BCUT2D eigenvalue weighted by molar-refractivity contribution is -0.127. The second kappa shape index (κ2) is 7.72. The molecule has 5 nitrogen and oxygen atoms in total. The fourth-order valence-electron chi connectivity index (χ4n) is 3.27. The summed E-state index contributed by atoms with van der Waals surface area (Å²) in [5, 5.41) is 0. The van der Waals surface area contributed by atoms with Crippen molar-refractivity contribution in [1.82, 2.24) is 9.38 Å². The van der Waals surface area contributed by atoms with Gasteiger partial charge in [-0.05, 0) is 25.0 Å². The summed E-state index contributed by atoms with van der Waals surface area (Å²) >= 11 is 1.96. The molecule has 1 saturated carbocycles. The number of aromatic nitrogens is 2. The number of halogens is 1. The van der Waals surface area contributed by atoms with Gasteiger partial charge in [0, 0.05) is 36.8 Å². The van der Waals surface area contributed by atoms with Gasteiger partial charge in [0.05, 0.1) is 12.2 Å². The Bertz CT molecular complexity index is 673. The van der Waals surface area contributed by atoms with E-state index in [1.165, 1.54) is 5.69 Å². The topological polar surface area (TPSA) is 52.8 Å². The Labute approximate surface area is 150 Å². The second-order valence-electron chi connectivity index (χ2n) is 5.98. The predicted molar refractivity (Wildman–Crippen MR) is 95.7 cm³/mol. The van der Waals surface area contributed by atoms with Crippen molar-refractivity contribution in [2.24, 2.45) is 0 Å². The van der Waals surface area contributed by atoms with Crippen LogP contribution in [0.4, 0.5) is 0 Å². The molecular weight excluding hydrogens is 407 g/mol. The van der Waals surface area contributed by atoms with Crippen molar-refractivity contribution < 1.29 is 12.6 Å². The first-order valence-corrected chi connectivity index (χ1v) is 8.93. The zero-order valence-electron chi connectivity index (χ0n) is 13.2. The first kappa shape index (κ1) is 16.9. The van der Waals surface area contributed by atoms with E-state index in [9.17, 15) is 4.79 Å². The highest BCUT2D eigenvalue weighted by molar-refractivity contribution is 14.1. The zero-order chi connectivity index (χ0) is 16.2. The Morgan fingerprint density at radius 3 is 3.09 bits per heavy atom. The van der Waals surface area contributed by atoms with Gasteiger partial charge in [0.25, 0.3) is 0 Å². The summed E-state index contributed by atoms with van der Waals surface area (Å²) in [6, 6.07) is 6.16. The monoisotopic (exact) mass is 428 g/mol. The molecule has 0 aromatic carbocycles. The highest BCUT2D eigenvalue weighted by Gasteiger charge is 2.34. The van der Waals surface area contributed by atoms with Crippen molar-refractivity contribution in [3.63, 3.8) is 0 Å². The molecule has 6 heteroatoms. The van der Waals surface area contributed by atoms with Crippen LogP contribution in [0.15, 0.2) is 30.6 Å². The number of ketones is 1. The Morgan fingerprint density at radius 1 is 1.43 bits per heavy atom. The highest BCUT2D eigenvalue weighted by Crippen LogP contribution is 2.37. The fourth-order valence-corrected chi connectivity index (χ4v) is 3.73. The molecule has 0 amide bonds. The minimum atomic E-state index is -0.00739. The Kier molecular flexibility index (Phi) is 5.66. The zero-order valence-corrected chi connectivity index (χ0v) is 15.3. The van der Waals surface area contributed by atoms with Crippen LogP contribution >= 0.6 is 23.0 Å². The Balaban J connectivity index is 1.85. The molecule has 1 aliphatic carbocycles. The summed E-state index contributed by atoms with van der Waals surface area (Å²) in [5.41, 5.74) is 2.14. The lowest BCUT2D eigenvalue weighted by Crippen LogP contribution is -2.35. The molecule has 0 radical (unpaired) electrons. The van der Waals surface area contributed by atoms with Gasteiger partial charge >= 0.3 is 0 Å². The molecule has 3 rings (SSSR count). The Morgan fingerprint density at radius 2 is 2.30 bits per heavy atom. The van der Waals surface area contributed by atoms with Gasteiger partial charge in [-0.25, -0.2) is 4.98 Å². The SMILES string of the molecule is CCC(=O)COC1CC(OI)CCC1c1cccc2nccn12. The number of Topliss-reactive ketones (excluding diaryl/α,β-unsaturated/α-hetero) is 1. The molecule has 1 aliphatic rings. The largest absolute Gasteiger partial charge is 0.370 e. The van der Waals surface area contributed by atoms with Crippen molar-refractivity contribution in [1.29, 1.82) is 0 Å². The lowest BCUT2D eigenvalue weighted by Gasteiger charge is -2.35. The molecule has 0 aliphatic heterocycles. The van der Waals surface area contributed by atoms with Crippen molar-refractivity contribution in [2.75, 3.05) is 6.61 Å². The Hall–Kier alpha value is -0.990. The van der Waals surface area contributed by atoms with Crippen LogP contribution in [0.2, 0.25) is 0 Å². The quantitative estimate of drug-likeness (QED) is 0.659. The number of hydrogen-bond donors (Lipinski definition) is 0. The molecular formula is C17H21IN2O3. The van der Waals surface area contributed by atoms with E-state index < -0.39 is 0 Å². The molecule has 3 unspecified atom stereocenters. The number of pyridine rings is 1. The van der Waals surface area contributed by atoms with Gasteiger partial charge in [-0.3, -0.25) is 4.79 Å². The molecule has 124 valence electrons. The van der Waals surface area contributed by atoms with E-state index >= 15 is 0 Å². The number of rotatable bonds is 6. The molecule has 0 spiro atoms. The van der Waals surface area contributed by atoms with Gasteiger partial charge in [0.15, 0.2) is 5.78 Å². The number of imidazole rings is 1. The highest BCUT2D eigenvalue weighted by atomic mass is 127. The lowest BCUT2D eigenvalue weighted by atomic mass is 9.82. The minimum Gasteiger partial charge on any atom is -0.370 e. The van der Waals surface area contributed by atoms with Gasteiger partial charge in [0.2, 0.25) is 0 Å². The van der Waals surface area contributed by atoms with E-state index in [2.05, 4.69) is 15.5 Å². The number of hydrogen-bond acceptors (Lipinski definition) is 4. The van der Waals surface area contributed by atoms with Gasteiger partial charge in [0.1, 0.15) is 35.3 Å². The fraction of sp³-hybridized carbons (Fsp3) is 0.529. The molecule has 2 aromatic rings.